The second-order valence-corrected chi connectivity index (χ2v) is 8.70. The summed E-state index contributed by atoms with van der Waals surface area (Å²) < 4.78 is 17.5. The zero-order chi connectivity index (χ0) is 26.5. The molecule has 4 rings (SSSR count). The summed E-state index contributed by atoms with van der Waals surface area (Å²) in [5.41, 5.74) is 3.94. The fourth-order valence-electron chi connectivity index (χ4n) is 3.30. The number of fused-ring (bicyclic) bond motifs is 1. The molecule has 0 bridgehead atoms. The molecule has 0 atom stereocenters. The highest BCUT2D eigenvalue weighted by atomic mass is 127. The number of furan rings is 1. The van der Waals surface area contributed by atoms with E-state index in [-0.39, 0.29) is 23.7 Å². The predicted molar refractivity (Wildman–Crippen MR) is 141 cm³/mol. The quantitative estimate of drug-likeness (QED) is 0.116. The average Bonchev–Trinajstić information content (AvgIpc) is 3.31. The fraction of sp³-hybridized carbons (Fsp3) is 0.0833. The van der Waals surface area contributed by atoms with Gasteiger partial charge >= 0.3 is 5.91 Å². The van der Waals surface area contributed by atoms with Crippen molar-refractivity contribution in [1.82, 2.24) is 5.43 Å². The normalized spacial score (nSPS) is 11.0. The highest BCUT2D eigenvalue weighted by Gasteiger charge is 2.15. The van der Waals surface area contributed by atoms with Crippen LogP contribution in [-0.4, -0.2) is 29.1 Å². The van der Waals surface area contributed by atoms with Crippen molar-refractivity contribution in [3.8, 4) is 11.5 Å². The van der Waals surface area contributed by atoms with Gasteiger partial charge in [-0.2, -0.15) is 5.10 Å². The van der Waals surface area contributed by atoms with E-state index in [1.807, 2.05) is 0 Å². The summed E-state index contributed by atoms with van der Waals surface area (Å²) in [4.78, 5) is 33.1. The smallest absolute Gasteiger partial charge is 0.307 e. The lowest BCUT2D eigenvalue weighted by Gasteiger charge is -2.13. The van der Waals surface area contributed by atoms with Gasteiger partial charge < -0.3 is 13.9 Å². The van der Waals surface area contributed by atoms with Crippen molar-refractivity contribution in [3.05, 3.63) is 101 Å². The summed E-state index contributed by atoms with van der Waals surface area (Å²) in [6.07, 6.45) is 1.41. The largest absolute Gasteiger partial charge is 0.493 e. The topological polar surface area (TPSA) is 159 Å². The number of carbonyl (C=O) groups excluding carboxylic acids is 1. The van der Waals surface area contributed by atoms with E-state index in [0.717, 1.165) is 5.56 Å². The Bertz CT molecular complexity index is 1530. The molecule has 0 saturated heterocycles. The van der Waals surface area contributed by atoms with Gasteiger partial charge in [0, 0.05) is 29.7 Å². The van der Waals surface area contributed by atoms with Gasteiger partial charge in [-0.25, -0.2) is 5.43 Å². The zero-order valence-corrected chi connectivity index (χ0v) is 21.2. The van der Waals surface area contributed by atoms with Gasteiger partial charge in [-0.05, 0) is 70.1 Å². The number of benzene rings is 3. The van der Waals surface area contributed by atoms with Crippen molar-refractivity contribution < 1.29 is 28.5 Å². The number of nitro benzene ring substituents is 2. The number of amides is 1. The fourth-order valence-corrected chi connectivity index (χ4v) is 4.08. The van der Waals surface area contributed by atoms with E-state index >= 15 is 0 Å². The van der Waals surface area contributed by atoms with Crippen molar-refractivity contribution in [3.63, 3.8) is 0 Å². The standard InChI is InChI=1S/C24H17IN4O8/c1-35-21-9-15(8-19(25)23(21)36-13-14-2-4-17(5-3-14)28(31)32)12-26-27-24(30)22-11-16-10-18(29(33)34)6-7-20(16)37-22/h2-12H,13H2,1H3,(H,27,30)/b26-12-. The molecule has 12 nitrogen and oxygen atoms in total. The van der Waals surface area contributed by atoms with Gasteiger partial charge in [0.1, 0.15) is 12.2 Å². The van der Waals surface area contributed by atoms with E-state index in [9.17, 15) is 25.0 Å². The molecule has 3 aromatic carbocycles. The Morgan fingerprint density at radius 2 is 1.76 bits per heavy atom. The average molecular weight is 616 g/mol. The van der Waals surface area contributed by atoms with Crippen LogP contribution in [0.5, 0.6) is 11.5 Å². The van der Waals surface area contributed by atoms with Crippen LogP contribution in [0, 0.1) is 23.8 Å². The molecule has 0 aliphatic heterocycles. The Morgan fingerprint density at radius 1 is 1.05 bits per heavy atom. The van der Waals surface area contributed by atoms with Crippen LogP contribution in [-0.2, 0) is 6.61 Å². The monoisotopic (exact) mass is 616 g/mol. The molecule has 4 aromatic rings. The molecule has 0 fully saturated rings. The number of carbonyl (C=O) groups is 1. The van der Waals surface area contributed by atoms with Crippen LogP contribution in [0.1, 0.15) is 21.7 Å². The summed E-state index contributed by atoms with van der Waals surface area (Å²) in [5, 5.41) is 26.1. The van der Waals surface area contributed by atoms with Crippen LogP contribution in [0.25, 0.3) is 11.0 Å². The molecule has 0 unspecified atom stereocenters. The number of halogens is 1. The van der Waals surface area contributed by atoms with E-state index < -0.39 is 15.8 Å². The molecule has 0 aliphatic carbocycles. The zero-order valence-electron chi connectivity index (χ0n) is 19.0. The summed E-state index contributed by atoms with van der Waals surface area (Å²) >= 11 is 2.07. The minimum absolute atomic E-state index is 0.00376. The van der Waals surface area contributed by atoms with E-state index in [4.69, 9.17) is 13.9 Å². The van der Waals surface area contributed by atoms with Gasteiger partial charge in [0.05, 0.1) is 26.7 Å². The number of nitrogens with zero attached hydrogens (tertiary/aromatic N) is 3. The molecule has 1 amide bonds. The number of hydrogen-bond donors (Lipinski definition) is 1. The molecule has 1 aromatic heterocycles. The van der Waals surface area contributed by atoms with Crippen molar-refractivity contribution in [2.75, 3.05) is 7.11 Å². The molecule has 188 valence electrons. The van der Waals surface area contributed by atoms with Crippen LogP contribution in [0.2, 0.25) is 0 Å². The third-order valence-corrected chi connectivity index (χ3v) is 5.90. The first kappa shape index (κ1) is 25.6. The van der Waals surface area contributed by atoms with E-state index in [1.54, 1.807) is 24.3 Å². The maximum absolute atomic E-state index is 12.4. The van der Waals surface area contributed by atoms with E-state index in [0.29, 0.717) is 31.6 Å². The highest BCUT2D eigenvalue weighted by Crippen LogP contribution is 2.34. The van der Waals surface area contributed by atoms with Crippen molar-refractivity contribution in [2.45, 2.75) is 6.61 Å². The molecule has 13 heteroatoms. The highest BCUT2D eigenvalue weighted by molar-refractivity contribution is 14.1. The summed E-state index contributed by atoms with van der Waals surface area (Å²) in [6, 6.07) is 14.9. The number of non-ortho nitro benzene ring substituents is 2. The number of rotatable bonds is 9. The van der Waals surface area contributed by atoms with Gasteiger partial charge in [0.15, 0.2) is 17.3 Å². The lowest BCUT2D eigenvalue weighted by atomic mass is 10.2. The Kier molecular flexibility index (Phi) is 7.62. The van der Waals surface area contributed by atoms with Gasteiger partial charge in [-0.1, -0.05) is 0 Å². The lowest BCUT2D eigenvalue weighted by Crippen LogP contribution is -2.16. The molecule has 0 spiro atoms. The first-order valence-electron chi connectivity index (χ1n) is 10.5. The second kappa shape index (κ2) is 11.0. The molecular formula is C24H17IN4O8. The van der Waals surface area contributed by atoms with Gasteiger partial charge in [-0.3, -0.25) is 25.0 Å². The summed E-state index contributed by atoms with van der Waals surface area (Å²) in [6.45, 7) is 0.175. The first-order chi connectivity index (χ1) is 17.7. The van der Waals surface area contributed by atoms with E-state index in [1.165, 1.54) is 49.7 Å². The number of ether oxygens (including phenoxy) is 2. The van der Waals surface area contributed by atoms with Crippen LogP contribution in [0.3, 0.4) is 0 Å². The molecule has 0 aliphatic rings. The SMILES string of the molecule is COc1cc(/C=N\NC(=O)c2cc3cc([N+](=O)[O-])ccc3o2)cc(I)c1OCc1ccc([N+](=O)[O-])cc1. The molecule has 1 N–H and O–H groups in total. The Morgan fingerprint density at radius 3 is 2.43 bits per heavy atom. The minimum Gasteiger partial charge on any atom is -0.493 e. The third kappa shape index (κ3) is 6.00. The van der Waals surface area contributed by atoms with Crippen LogP contribution in [0.4, 0.5) is 11.4 Å². The van der Waals surface area contributed by atoms with Gasteiger partial charge in [-0.15, -0.1) is 0 Å². The van der Waals surface area contributed by atoms with Crippen molar-refractivity contribution in [2.24, 2.45) is 5.10 Å². The minimum atomic E-state index is -0.625. The number of methoxy groups -OCH3 is 1. The van der Waals surface area contributed by atoms with Crippen LogP contribution < -0.4 is 14.9 Å². The van der Waals surface area contributed by atoms with E-state index in [2.05, 4.69) is 33.1 Å². The second-order valence-electron chi connectivity index (χ2n) is 7.54. The molecule has 0 saturated carbocycles. The van der Waals surface area contributed by atoms with Crippen molar-refractivity contribution >= 4 is 57.1 Å². The third-order valence-electron chi connectivity index (χ3n) is 5.10. The Labute approximate surface area is 222 Å². The molecular weight excluding hydrogens is 599 g/mol. The number of nitro groups is 2. The Balaban J connectivity index is 1.43. The van der Waals surface area contributed by atoms with Crippen LogP contribution >= 0.6 is 22.6 Å². The predicted octanol–water partition coefficient (Wildman–Crippen LogP) is 5.21. The first-order valence-corrected chi connectivity index (χ1v) is 11.6. The lowest BCUT2D eigenvalue weighted by molar-refractivity contribution is -0.385. The maximum atomic E-state index is 12.4. The number of hydrazone groups is 1. The number of nitrogens with one attached hydrogen (secondary N) is 1. The van der Waals surface area contributed by atoms with Crippen LogP contribution in [0.15, 0.2) is 70.2 Å². The number of hydrogen-bond acceptors (Lipinski definition) is 9. The Hall–Kier alpha value is -4.53. The maximum Gasteiger partial charge on any atom is 0.307 e. The van der Waals surface area contributed by atoms with Crippen molar-refractivity contribution in [1.29, 1.82) is 0 Å². The molecule has 37 heavy (non-hydrogen) atoms. The van der Waals surface area contributed by atoms with Gasteiger partial charge in [0.25, 0.3) is 11.4 Å². The summed E-state index contributed by atoms with van der Waals surface area (Å²) in [7, 11) is 1.48. The molecule has 1 heterocycles. The summed E-state index contributed by atoms with van der Waals surface area (Å²) in [5.74, 6) is 0.245. The van der Waals surface area contributed by atoms with Gasteiger partial charge in [0.2, 0.25) is 0 Å². The molecule has 0 radical (unpaired) electrons.